The van der Waals surface area contributed by atoms with Gasteiger partial charge in [-0.1, -0.05) is 29.8 Å². The fourth-order valence-corrected chi connectivity index (χ4v) is 3.51. The molecule has 6 heteroatoms. The molecule has 0 unspecified atom stereocenters. The molecular formula is C21H19ClN4O. The highest BCUT2D eigenvalue weighted by Gasteiger charge is 2.20. The maximum atomic E-state index is 12.5. The lowest BCUT2D eigenvalue weighted by atomic mass is 10.0. The van der Waals surface area contributed by atoms with Crippen LogP contribution in [0.1, 0.15) is 27.9 Å². The average Bonchev–Trinajstić information content (AvgIpc) is 2.70. The molecule has 0 aliphatic carbocycles. The van der Waals surface area contributed by atoms with Crippen molar-refractivity contribution in [2.45, 2.75) is 19.8 Å². The molecule has 4 rings (SSSR count). The molecule has 0 atom stereocenters. The van der Waals surface area contributed by atoms with Gasteiger partial charge in [0, 0.05) is 35.3 Å². The minimum absolute atomic E-state index is 0.244. The van der Waals surface area contributed by atoms with Crippen LogP contribution in [0.3, 0.4) is 0 Å². The summed E-state index contributed by atoms with van der Waals surface area (Å²) < 4.78 is 0. The predicted molar refractivity (Wildman–Crippen MR) is 108 cm³/mol. The molecule has 0 spiro atoms. The molecule has 0 saturated heterocycles. The Hall–Kier alpha value is -2.92. The van der Waals surface area contributed by atoms with E-state index in [4.69, 9.17) is 11.6 Å². The topological polar surface area (TPSA) is 58.1 Å². The average molecular weight is 379 g/mol. The standard InChI is InChI=1S/C21H19ClN4O/c1-14-11-17(22)8-9-18(14)25-20(27)16-12-23-21(24-13-16)26-10-4-6-15-5-2-3-7-19(15)26/h2-3,5,7-9,11-13H,4,6,10H2,1H3,(H,25,27). The lowest BCUT2D eigenvalue weighted by molar-refractivity contribution is 0.102. The molecule has 1 aliphatic rings. The van der Waals surface area contributed by atoms with E-state index in [0.717, 1.165) is 36.3 Å². The highest BCUT2D eigenvalue weighted by molar-refractivity contribution is 6.30. The van der Waals surface area contributed by atoms with Gasteiger partial charge in [-0.05, 0) is 55.2 Å². The maximum Gasteiger partial charge on any atom is 0.258 e. The van der Waals surface area contributed by atoms with Crippen LogP contribution < -0.4 is 10.2 Å². The van der Waals surface area contributed by atoms with Gasteiger partial charge in [0.15, 0.2) is 0 Å². The number of halogens is 1. The first-order valence-electron chi connectivity index (χ1n) is 8.87. The van der Waals surface area contributed by atoms with Crippen molar-refractivity contribution in [3.05, 3.63) is 76.6 Å². The minimum atomic E-state index is -0.244. The molecule has 3 aromatic rings. The first-order valence-corrected chi connectivity index (χ1v) is 9.24. The van der Waals surface area contributed by atoms with Crippen LogP contribution in [0.4, 0.5) is 17.3 Å². The van der Waals surface area contributed by atoms with E-state index in [1.54, 1.807) is 24.5 Å². The highest BCUT2D eigenvalue weighted by atomic mass is 35.5. The summed E-state index contributed by atoms with van der Waals surface area (Å²) in [7, 11) is 0. The number of aromatic nitrogens is 2. The molecule has 136 valence electrons. The van der Waals surface area contributed by atoms with Crippen LogP contribution in [0.5, 0.6) is 0 Å². The van der Waals surface area contributed by atoms with E-state index in [1.807, 2.05) is 19.1 Å². The van der Waals surface area contributed by atoms with Gasteiger partial charge < -0.3 is 10.2 Å². The molecule has 1 aromatic heterocycles. The quantitative estimate of drug-likeness (QED) is 0.712. The summed E-state index contributed by atoms with van der Waals surface area (Å²) in [5.41, 5.74) is 4.47. The van der Waals surface area contributed by atoms with Crippen LogP contribution in [0.25, 0.3) is 0 Å². The van der Waals surface area contributed by atoms with Gasteiger partial charge in [0.05, 0.1) is 5.56 Å². The van der Waals surface area contributed by atoms with Crippen molar-refractivity contribution in [2.24, 2.45) is 0 Å². The van der Waals surface area contributed by atoms with E-state index in [0.29, 0.717) is 16.5 Å². The smallest absolute Gasteiger partial charge is 0.258 e. The zero-order chi connectivity index (χ0) is 18.8. The molecule has 0 fully saturated rings. The van der Waals surface area contributed by atoms with E-state index in [-0.39, 0.29) is 5.91 Å². The largest absolute Gasteiger partial charge is 0.322 e. The van der Waals surface area contributed by atoms with Gasteiger partial charge in [0.25, 0.3) is 5.91 Å². The number of fused-ring (bicyclic) bond motifs is 1. The summed E-state index contributed by atoms with van der Waals surface area (Å²) in [6.45, 7) is 2.77. The molecule has 1 amide bonds. The molecule has 5 nitrogen and oxygen atoms in total. The minimum Gasteiger partial charge on any atom is -0.322 e. The molecule has 2 heterocycles. The van der Waals surface area contributed by atoms with Gasteiger partial charge in [-0.2, -0.15) is 0 Å². The first-order chi connectivity index (χ1) is 13.1. The molecular weight excluding hydrogens is 360 g/mol. The zero-order valence-corrected chi connectivity index (χ0v) is 15.7. The predicted octanol–water partition coefficient (Wildman–Crippen LogP) is 4.78. The lowest BCUT2D eigenvalue weighted by Gasteiger charge is -2.29. The molecule has 0 bridgehead atoms. The number of nitrogens with one attached hydrogen (secondary N) is 1. The van der Waals surface area contributed by atoms with Crippen molar-refractivity contribution < 1.29 is 4.79 Å². The summed E-state index contributed by atoms with van der Waals surface area (Å²) in [6, 6.07) is 13.6. The van der Waals surface area contributed by atoms with Crippen LogP contribution in [0.15, 0.2) is 54.9 Å². The number of hydrogen-bond donors (Lipinski definition) is 1. The second-order valence-corrected chi connectivity index (χ2v) is 7.01. The second kappa shape index (κ2) is 7.37. The summed E-state index contributed by atoms with van der Waals surface area (Å²) in [5, 5.41) is 3.52. The summed E-state index contributed by atoms with van der Waals surface area (Å²) in [6.07, 6.45) is 5.26. The molecule has 1 aliphatic heterocycles. The number of rotatable bonds is 3. The lowest BCUT2D eigenvalue weighted by Crippen LogP contribution is -2.26. The summed E-state index contributed by atoms with van der Waals surface area (Å²) in [4.78, 5) is 23.5. The van der Waals surface area contributed by atoms with Crippen molar-refractivity contribution in [3.8, 4) is 0 Å². The molecule has 2 aromatic carbocycles. The van der Waals surface area contributed by atoms with Crippen molar-refractivity contribution in [2.75, 3.05) is 16.8 Å². The first kappa shape index (κ1) is 17.5. The van der Waals surface area contributed by atoms with E-state index >= 15 is 0 Å². The van der Waals surface area contributed by atoms with Gasteiger partial charge in [0.2, 0.25) is 5.95 Å². The SMILES string of the molecule is Cc1cc(Cl)ccc1NC(=O)c1cnc(N2CCCc3ccccc32)nc1. The van der Waals surface area contributed by atoms with Crippen LogP contribution >= 0.6 is 11.6 Å². The van der Waals surface area contributed by atoms with E-state index < -0.39 is 0 Å². The molecule has 0 saturated carbocycles. The monoisotopic (exact) mass is 378 g/mol. The molecule has 1 N–H and O–H groups in total. The Balaban J connectivity index is 1.53. The summed E-state index contributed by atoms with van der Waals surface area (Å²) >= 11 is 5.96. The van der Waals surface area contributed by atoms with E-state index in [2.05, 4.69) is 38.4 Å². The molecule has 27 heavy (non-hydrogen) atoms. The third-order valence-electron chi connectivity index (χ3n) is 4.69. The number of para-hydroxylation sites is 1. The van der Waals surface area contributed by atoms with E-state index in [1.165, 1.54) is 5.56 Å². The van der Waals surface area contributed by atoms with E-state index in [9.17, 15) is 4.79 Å². The Labute approximate surface area is 163 Å². The second-order valence-electron chi connectivity index (χ2n) is 6.57. The normalized spacial score (nSPS) is 13.2. The number of carbonyl (C=O) groups excluding carboxylic acids is 1. The maximum absolute atomic E-state index is 12.5. The highest BCUT2D eigenvalue weighted by Crippen LogP contribution is 2.31. The number of amides is 1. The zero-order valence-electron chi connectivity index (χ0n) is 14.9. The Morgan fingerprint density at radius 1 is 1.15 bits per heavy atom. The van der Waals surface area contributed by atoms with Crippen LogP contribution in [0, 0.1) is 6.92 Å². The van der Waals surface area contributed by atoms with Crippen molar-refractivity contribution >= 4 is 34.8 Å². The third-order valence-corrected chi connectivity index (χ3v) is 4.92. The third kappa shape index (κ3) is 3.64. The van der Waals surface area contributed by atoms with Crippen molar-refractivity contribution in [1.29, 1.82) is 0 Å². The number of carbonyl (C=O) groups is 1. The van der Waals surface area contributed by atoms with Gasteiger partial charge in [-0.15, -0.1) is 0 Å². The van der Waals surface area contributed by atoms with Crippen LogP contribution in [-0.2, 0) is 6.42 Å². The van der Waals surface area contributed by atoms with Crippen molar-refractivity contribution in [1.82, 2.24) is 9.97 Å². The fraction of sp³-hybridized carbons (Fsp3) is 0.190. The number of aryl methyl sites for hydroxylation is 2. The Morgan fingerprint density at radius 2 is 1.93 bits per heavy atom. The van der Waals surface area contributed by atoms with Gasteiger partial charge in [-0.25, -0.2) is 9.97 Å². The number of benzene rings is 2. The number of hydrogen-bond acceptors (Lipinski definition) is 4. The van der Waals surface area contributed by atoms with Crippen LogP contribution in [0.2, 0.25) is 5.02 Å². The Bertz CT molecular complexity index is 988. The Kier molecular flexibility index (Phi) is 4.77. The molecule has 0 radical (unpaired) electrons. The fourth-order valence-electron chi connectivity index (χ4n) is 3.28. The Morgan fingerprint density at radius 3 is 2.70 bits per heavy atom. The van der Waals surface area contributed by atoms with Crippen molar-refractivity contribution in [3.63, 3.8) is 0 Å². The van der Waals surface area contributed by atoms with Gasteiger partial charge in [-0.3, -0.25) is 4.79 Å². The van der Waals surface area contributed by atoms with Crippen LogP contribution in [-0.4, -0.2) is 22.4 Å². The van der Waals surface area contributed by atoms with Gasteiger partial charge in [0.1, 0.15) is 0 Å². The summed E-state index contributed by atoms with van der Waals surface area (Å²) in [5.74, 6) is 0.368. The van der Waals surface area contributed by atoms with Gasteiger partial charge >= 0.3 is 0 Å². The number of nitrogens with zero attached hydrogens (tertiary/aromatic N) is 3. The number of anilines is 3.